The first-order valence-corrected chi connectivity index (χ1v) is 10.0. The fraction of sp³-hybridized carbons (Fsp3) is 0.500. The normalized spacial score (nSPS) is 15.9. The molecule has 0 spiro atoms. The summed E-state index contributed by atoms with van der Waals surface area (Å²) >= 11 is 0. The third kappa shape index (κ3) is 5.30. The van der Waals surface area contributed by atoms with Crippen molar-refractivity contribution >= 4 is 22.1 Å². The van der Waals surface area contributed by atoms with Gasteiger partial charge in [-0.15, -0.1) is 0 Å². The van der Waals surface area contributed by atoms with Crippen LogP contribution in [0.4, 0.5) is 0 Å². The maximum Gasteiger partial charge on any atom is 0.330 e. The molecule has 144 valence electrons. The summed E-state index contributed by atoms with van der Waals surface area (Å²) in [4.78, 5) is 11.7. The third-order valence-corrected chi connectivity index (χ3v) is 5.85. The lowest BCUT2D eigenvalue weighted by Crippen LogP contribution is -2.40. The molecule has 0 aliphatic carbocycles. The summed E-state index contributed by atoms with van der Waals surface area (Å²) < 4.78 is 42.7. The number of hydrogen-bond acceptors (Lipinski definition) is 6. The molecule has 1 aromatic carbocycles. The van der Waals surface area contributed by atoms with Gasteiger partial charge in [-0.1, -0.05) is 19.4 Å². The monoisotopic (exact) mass is 383 g/mol. The van der Waals surface area contributed by atoms with Crippen molar-refractivity contribution in [2.45, 2.75) is 24.7 Å². The molecule has 1 aromatic rings. The van der Waals surface area contributed by atoms with Crippen LogP contribution in [0.3, 0.4) is 0 Å². The predicted molar refractivity (Wildman–Crippen MR) is 97.5 cm³/mol. The highest BCUT2D eigenvalue weighted by Crippen LogP contribution is 2.28. The van der Waals surface area contributed by atoms with Crippen LogP contribution in [0.15, 0.2) is 29.2 Å². The Kier molecular flexibility index (Phi) is 7.62. The van der Waals surface area contributed by atoms with Crippen LogP contribution in [-0.2, 0) is 24.3 Å². The highest BCUT2D eigenvalue weighted by atomic mass is 32.2. The molecule has 26 heavy (non-hydrogen) atoms. The van der Waals surface area contributed by atoms with Crippen molar-refractivity contribution in [1.29, 1.82) is 0 Å². The zero-order valence-electron chi connectivity index (χ0n) is 15.1. The number of esters is 1. The van der Waals surface area contributed by atoms with Crippen LogP contribution in [0.1, 0.15) is 25.3 Å². The molecule has 0 atom stereocenters. The first-order chi connectivity index (χ1) is 12.5. The molecule has 0 radical (unpaired) electrons. The molecule has 1 heterocycles. The first-order valence-electron chi connectivity index (χ1n) is 8.59. The molecule has 8 heteroatoms. The molecule has 0 unspecified atom stereocenters. The van der Waals surface area contributed by atoms with E-state index in [1.165, 1.54) is 29.6 Å². The highest BCUT2D eigenvalue weighted by molar-refractivity contribution is 7.89. The van der Waals surface area contributed by atoms with E-state index in [1.54, 1.807) is 12.1 Å². The van der Waals surface area contributed by atoms with Gasteiger partial charge in [-0.2, -0.15) is 4.31 Å². The Morgan fingerprint density at radius 1 is 1.31 bits per heavy atom. The number of rotatable bonds is 8. The van der Waals surface area contributed by atoms with Crippen LogP contribution < -0.4 is 4.74 Å². The standard InChI is InChI=1S/C18H25NO6S/c1-3-4-11-25-18(20)8-6-15-5-7-16(23-2)17(14-15)26(21,22)19-9-12-24-13-10-19/h5-8,14H,3-4,9-13H2,1-2H3/b8-6+. The summed E-state index contributed by atoms with van der Waals surface area (Å²) in [5, 5.41) is 0. The second kappa shape index (κ2) is 9.70. The fourth-order valence-corrected chi connectivity index (χ4v) is 4.05. The van der Waals surface area contributed by atoms with Crippen LogP contribution in [-0.4, -0.2) is 58.7 Å². The van der Waals surface area contributed by atoms with Gasteiger partial charge in [0.2, 0.25) is 10.0 Å². The molecule has 0 aromatic heterocycles. The molecule has 0 bridgehead atoms. The summed E-state index contributed by atoms with van der Waals surface area (Å²) in [7, 11) is -2.28. The molecule has 1 saturated heterocycles. The van der Waals surface area contributed by atoms with Gasteiger partial charge in [0.15, 0.2) is 0 Å². The number of nitrogens with zero attached hydrogens (tertiary/aromatic N) is 1. The van der Waals surface area contributed by atoms with E-state index in [4.69, 9.17) is 14.2 Å². The third-order valence-electron chi connectivity index (χ3n) is 3.93. The average molecular weight is 383 g/mol. The van der Waals surface area contributed by atoms with Crippen LogP contribution in [0.2, 0.25) is 0 Å². The van der Waals surface area contributed by atoms with Gasteiger partial charge in [0, 0.05) is 19.2 Å². The van der Waals surface area contributed by atoms with E-state index in [1.807, 2.05) is 6.92 Å². The number of methoxy groups -OCH3 is 1. The Labute approximate surface area is 154 Å². The van der Waals surface area contributed by atoms with E-state index < -0.39 is 16.0 Å². The minimum Gasteiger partial charge on any atom is -0.495 e. The molecule has 1 aliphatic heterocycles. The summed E-state index contributed by atoms with van der Waals surface area (Å²) in [5.74, 6) is -0.189. The maximum absolute atomic E-state index is 12.9. The van der Waals surface area contributed by atoms with Crippen LogP contribution >= 0.6 is 0 Å². The van der Waals surface area contributed by atoms with Crippen molar-refractivity contribution in [1.82, 2.24) is 4.31 Å². The van der Waals surface area contributed by atoms with E-state index in [0.717, 1.165) is 12.8 Å². The second-order valence-corrected chi connectivity index (χ2v) is 7.69. The molecular weight excluding hydrogens is 358 g/mol. The van der Waals surface area contributed by atoms with Gasteiger partial charge in [0.25, 0.3) is 0 Å². The molecule has 0 amide bonds. The Morgan fingerprint density at radius 2 is 2.04 bits per heavy atom. The topological polar surface area (TPSA) is 82.1 Å². The average Bonchev–Trinajstić information content (AvgIpc) is 2.67. The zero-order valence-corrected chi connectivity index (χ0v) is 16.0. The largest absolute Gasteiger partial charge is 0.495 e. The Hall–Kier alpha value is -1.90. The van der Waals surface area contributed by atoms with Gasteiger partial charge in [-0.25, -0.2) is 13.2 Å². The summed E-state index contributed by atoms with van der Waals surface area (Å²) in [6, 6.07) is 4.77. The number of unbranched alkanes of at least 4 members (excludes halogenated alkanes) is 1. The first kappa shape index (κ1) is 20.4. The van der Waals surface area contributed by atoms with Crippen molar-refractivity contribution in [2.24, 2.45) is 0 Å². The van der Waals surface area contributed by atoms with E-state index in [2.05, 4.69) is 0 Å². The van der Waals surface area contributed by atoms with E-state index in [-0.39, 0.29) is 10.6 Å². The Balaban J connectivity index is 2.21. The smallest absolute Gasteiger partial charge is 0.330 e. The number of hydrogen-bond donors (Lipinski definition) is 0. The van der Waals surface area contributed by atoms with E-state index in [0.29, 0.717) is 38.5 Å². The minimum absolute atomic E-state index is 0.0726. The molecule has 0 saturated carbocycles. The predicted octanol–water partition coefficient (Wildman–Crippen LogP) is 2.07. The molecule has 7 nitrogen and oxygen atoms in total. The quantitative estimate of drug-likeness (QED) is 0.388. The number of carbonyl (C=O) groups is 1. The summed E-state index contributed by atoms with van der Waals surface area (Å²) in [5.41, 5.74) is 0.574. The lowest BCUT2D eigenvalue weighted by atomic mass is 10.2. The molecule has 1 fully saturated rings. The number of ether oxygens (including phenoxy) is 3. The van der Waals surface area contributed by atoms with E-state index >= 15 is 0 Å². The molecule has 1 aliphatic rings. The van der Waals surface area contributed by atoms with Gasteiger partial charge >= 0.3 is 5.97 Å². The minimum atomic E-state index is -3.71. The summed E-state index contributed by atoms with van der Waals surface area (Å²) in [6.07, 6.45) is 4.58. The lowest BCUT2D eigenvalue weighted by Gasteiger charge is -2.26. The van der Waals surface area contributed by atoms with Gasteiger partial charge in [-0.3, -0.25) is 0 Å². The Morgan fingerprint density at radius 3 is 2.69 bits per heavy atom. The van der Waals surface area contributed by atoms with Crippen molar-refractivity contribution in [3.8, 4) is 5.75 Å². The van der Waals surface area contributed by atoms with Gasteiger partial charge in [0.1, 0.15) is 10.6 Å². The van der Waals surface area contributed by atoms with Crippen LogP contribution in [0, 0.1) is 0 Å². The van der Waals surface area contributed by atoms with Crippen molar-refractivity contribution in [2.75, 3.05) is 40.0 Å². The highest BCUT2D eigenvalue weighted by Gasteiger charge is 2.29. The summed E-state index contributed by atoms with van der Waals surface area (Å²) in [6.45, 7) is 3.72. The molecular formula is C18H25NO6S. The van der Waals surface area contributed by atoms with Crippen LogP contribution in [0.5, 0.6) is 5.75 Å². The lowest BCUT2D eigenvalue weighted by molar-refractivity contribution is -0.137. The molecule has 2 rings (SSSR count). The van der Waals surface area contributed by atoms with Gasteiger partial charge in [0.05, 0.1) is 26.9 Å². The number of carbonyl (C=O) groups excluding carboxylic acids is 1. The number of sulfonamides is 1. The molecule has 0 N–H and O–H groups in total. The van der Waals surface area contributed by atoms with Crippen molar-refractivity contribution in [3.63, 3.8) is 0 Å². The number of benzene rings is 1. The maximum atomic E-state index is 12.9. The fourth-order valence-electron chi connectivity index (χ4n) is 2.45. The van der Waals surface area contributed by atoms with E-state index in [9.17, 15) is 13.2 Å². The zero-order chi connectivity index (χ0) is 19.0. The van der Waals surface area contributed by atoms with Gasteiger partial charge < -0.3 is 14.2 Å². The van der Waals surface area contributed by atoms with Crippen molar-refractivity contribution in [3.05, 3.63) is 29.8 Å². The van der Waals surface area contributed by atoms with Crippen LogP contribution in [0.25, 0.3) is 6.08 Å². The Bertz CT molecular complexity index is 738. The number of morpholine rings is 1. The SMILES string of the molecule is CCCCOC(=O)/C=C/c1ccc(OC)c(S(=O)(=O)N2CCOCC2)c1. The second-order valence-electron chi connectivity index (χ2n) is 5.78. The van der Waals surface area contributed by atoms with Crippen molar-refractivity contribution < 1.29 is 27.4 Å². The van der Waals surface area contributed by atoms with Gasteiger partial charge in [-0.05, 0) is 30.2 Å².